The van der Waals surface area contributed by atoms with E-state index < -0.39 is 0 Å². The van der Waals surface area contributed by atoms with Crippen molar-refractivity contribution in [2.24, 2.45) is 11.5 Å². The monoisotopic (exact) mass is 309 g/mol. The minimum absolute atomic E-state index is 0.345. The van der Waals surface area contributed by atoms with E-state index in [1.807, 2.05) is 29.2 Å². The maximum Gasteiger partial charge on any atom is 0.237 e. The van der Waals surface area contributed by atoms with Gasteiger partial charge in [-0.1, -0.05) is 12.2 Å². The van der Waals surface area contributed by atoms with Crippen molar-refractivity contribution in [2.75, 3.05) is 32.9 Å². The van der Waals surface area contributed by atoms with Crippen LogP contribution < -0.4 is 16.2 Å². The van der Waals surface area contributed by atoms with Crippen LogP contribution in [0.5, 0.6) is 5.75 Å². The Morgan fingerprint density at radius 2 is 2.10 bits per heavy atom. The Morgan fingerprint density at radius 1 is 1.38 bits per heavy atom. The molecule has 1 aliphatic rings. The Balaban J connectivity index is 1.82. The first-order valence-corrected chi connectivity index (χ1v) is 7.12. The summed E-state index contributed by atoms with van der Waals surface area (Å²) >= 11 is 4.89. The van der Waals surface area contributed by atoms with Gasteiger partial charge in [-0.15, -0.1) is 0 Å². The molecule has 0 spiro atoms. The van der Waals surface area contributed by atoms with Gasteiger partial charge in [0.05, 0.1) is 13.2 Å². The Morgan fingerprint density at radius 3 is 2.71 bits per heavy atom. The molecule has 1 aromatic rings. The minimum atomic E-state index is -0.376. The van der Waals surface area contributed by atoms with Gasteiger partial charge in [-0.3, -0.25) is 9.69 Å². The largest absolute Gasteiger partial charge is 0.492 e. The van der Waals surface area contributed by atoms with Crippen molar-refractivity contribution in [2.45, 2.75) is 6.04 Å². The number of ether oxygens (including phenoxy) is 2. The topological polar surface area (TPSA) is 90.8 Å². The molecule has 1 heterocycles. The predicted octanol–water partition coefficient (Wildman–Crippen LogP) is -0.114. The molecule has 114 valence electrons. The van der Waals surface area contributed by atoms with Crippen LogP contribution in [0.4, 0.5) is 0 Å². The van der Waals surface area contributed by atoms with E-state index in [4.69, 9.17) is 33.2 Å². The molecule has 1 saturated heterocycles. The highest BCUT2D eigenvalue weighted by atomic mass is 32.1. The van der Waals surface area contributed by atoms with E-state index in [1.54, 1.807) is 0 Å². The number of morpholine rings is 1. The van der Waals surface area contributed by atoms with Gasteiger partial charge in [0.1, 0.15) is 23.4 Å². The summed E-state index contributed by atoms with van der Waals surface area (Å²) < 4.78 is 10.9. The zero-order chi connectivity index (χ0) is 15.2. The van der Waals surface area contributed by atoms with Crippen molar-refractivity contribution in [3.8, 4) is 5.75 Å². The van der Waals surface area contributed by atoms with E-state index in [-0.39, 0.29) is 11.9 Å². The number of thiocarbonyl (C=S) groups is 1. The fourth-order valence-electron chi connectivity index (χ4n) is 2.16. The summed E-state index contributed by atoms with van der Waals surface area (Å²) in [6, 6.07) is 6.90. The third-order valence-electron chi connectivity index (χ3n) is 3.35. The summed E-state index contributed by atoms with van der Waals surface area (Å²) in [4.78, 5) is 13.7. The molecule has 1 amide bonds. The van der Waals surface area contributed by atoms with Crippen molar-refractivity contribution in [3.05, 3.63) is 29.8 Å². The van der Waals surface area contributed by atoms with E-state index in [9.17, 15) is 4.79 Å². The highest BCUT2D eigenvalue weighted by molar-refractivity contribution is 7.80. The molecule has 6 nitrogen and oxygen atoms in total. The average Bonchev–Trinajstić information content (AvgIpc) is 2.48. The third-order valence-corrected chi connectivity index (χ3v) is 3.59. The van der Waals surface area contributed by atoms with Gasteiger partial charge in [0.25, 0.3) is 0 Å². The van der Waals surface area contributed by atoms with E-state index >= 15 is 0 Å². The number of hydrogen-bond donors (Lipinski definition) is 2. The van der Waals surface area contributed by atoms with E-state index in [0.29, 0.717) is 37.9 Å². The Hall–Kier alpha value is -1.70. The van der Waals surface area contributed by atoms with Crippen LogP contribution in [0.25, 0.3) is 0 Å². The zero-order valence-electron chi connectivity index (χ0n) is 11.7. The first kappa shape index (κ1) is 15.7. The molecule has 1 aliphatic heterocycles. The molecular weight excluding hydrogens is 290 g/mol. The lowest BCUT2D eigenvalue weighted by atomic mass is 10.2. The van der Waals surface area contributed by atoms with E-state index in [1.165, 1.54) is 0 Å². The fraction of sp³-hybridized carbons (Fsp3) is 0.429. The Kier molecular flexibility index (Phi) is 5.49. The Bertz CT molecular complexity index is 507. The molecule has 0 aliphatic carbocycles. The van der Waals surface area contributed by atoms with Gasteiger partial charge in [0, 0.05) is 18.7 Å². The number of nitrogens with two attached hydrogens (primary N) is 2. The molecule has 1 fully saturated rings. The fourth-order valence-corrected chi connectivity index (χ4v) is 2.30. The molecule has 0 saturated carbocycles. The second-order valence-electron chi connectivity index (χ2n) is 4.77. The SMILES string of the molecule is NC(=O)C1COCCN1CCOc1ccc(C(N)=S)cc1. The second kappa shape index (κ2) is 7.35. The van der Waals surface area contributed by atoms with Crippen LogP contribution in [0.2, 0.25) is 0 Å². The van der Waals surface area contributed by atoms with Gasteiger partial charge >= 0.3 is 0 Å². The van der Waals surface area contributed by atoms with Crippen LogP contribution in [0.15, 0.2) is 24.3 Å². The van der Waals surface area contributed by atoms with Crippen molar-refractivity contribution in [1.82, 2.24) is 4.90 Å². The molecule has 7 heteroatoms. The summed E-state index contributed by atoms with van der Waals surface area (Å²) in [6.07, 6.45) is 0. The van der Waals surface area contributed by atoms with Gasteiger partial charge in [-0.25, -0.2) is 0 Å². The van der Waals surface area contributed by atoms with Crippen molar-refractivity contribution >= 4 is 23.1 Å². The lowest BCUT2D eigenvalue weighted by molar-refractivity contribution is -0.129. The molecule has 1 atom stereocenters. The summed E-state index contributed by atoms with van der Waals surface area (Å²) in [5.41, 5.74) is 11.7. The number of nitrogens with zero attached hydrogens (tertiary/aromatic N) is 1. The van der Waals surface area contributed by atoms with Gasteiger partial charge in [-0.05, 0) is 24.3 Å². The van der Waals surface area contributed by atoms with E-state index in [0.717, 1.165) is 11.3 Å². The van der Waals surface area contributed by atoms with Crippen molar-refractivity contribution in [1.29, 1.82) is 0 Å². The zero-order valence-corrected chi connectivity index (χ0v) is 12.5. The highest BCUT2D eigenvalue weighted by Crippen LogP contribution is 2.13. The lowest BCUT2D eigenvalue weighted by Gasteiger charge is -2.33. The van der Waals surface area contributed by atoms with Gasteiger partial charge in [0.2, 0.25) is 5.91 Å². The number of carbonyl (C=O) groups excluding carboxylic acids is 1. The molecular formula is C14H19N3O3S. The van der Waals surface area contributed by atoms with Gasteiger partial charge in [0.15, 0.2) is 0 Å². The molecule has 2 rings (SSSR count). The summed E-state index contributed by atoms with van der Waals surface area (Å²) in [7, 11) is 0. The minimum Gasteiger partial charge on any atom is -0.492 e. The first-order chi connectivity index (χ1) is 10.1. The number of benzene rings is 1. The molecule has 0 aromatic heterocycles. The predicted molar refractivity (Wildman–Crippen MR) is 83.2 cm³/mol. The van der Waals surface area contributed by atoms with Crippen molar-refractivity contribution in [3.63, 3.8) is 0 Å². The van der Waals surface area contributed by atoms with E-state index in [2.05, 4.69) is 0 Å². The van der Waals surface area contributed by atoms with Crippen LogP contribution >= 0.6 is 12.2 Å². The normalized spacial score (nSPS) is 19.1. The Labute approximate surface area is 129 Å². The van der Waals surface area contributed by atoms with Gasteiger partial charge in [-0.2, -0.15) is 0 Å². The summed E-state index contributed by atoms with van der Waals surface area (Å²) in [5.74, 6) is 0.370. The van der Waals surface area contributed by atoms with Crippen LogP contribution in [0, 0.1) is 0 Å². The van der Waals surface area contributed by atoms with Crippen LogP contribution in [0.3, 0.4) is 0 Å². The molecule has 21 heavy (non-hydrogen) atoms. The lowest BCUT2D eigenvalue weighted by Crippen LogP contribution is -2.53. The quantitative estimate of drug-likeness (QED) is 0.712. The number of primary amides is 1. The van der Waals surface area contributed by atoms with Crippen LogP contribution in [-0.4, -0.2) is 54.7 Å². The molecule has 0 radical (unpaired) electrons. The second-order valence-corrected chi connectivity index (χ2v) is 5.21. The number of rotatable bonds is 6. The molecule has 4 N–H and O–H groups in total. The number of hydrogen-bond acceptors (Lipinski definition) is 5. The first-order valence-electron chi connectivity index (χ1n) is 6.71. The molecule has 1 aromatic carbocycles. The number of amides is 1. The molecule has 1 unspecified atom stereocenters. The van der Waals surface area contributed by atoms with Crippen LogP contribution in [0.1, 0.15) is 5.56 Å². The number of carbonyl (C=O) groups is 1. The summed E-state index contributed by atoms with van der Waals surface area (Å²) in [6.45, 7) is 2.71. The highest BCUT2D eigenvalue weighted by Gasteiger charge is 2.27. The maximum absolute atomic E-state index is 11.3. The van der Waals surface area contributed by atoms with Gasteiger partial charge < -0.3 is 20.9 Å². The summed E-state index contributed by atoms with van der Waals surface area (Å²) in [5, 5.41) is 0. The smallest absolute Gasteiger partial charge is 0.237 e. The van der Waals surface area contributed by atoms with Crippen LogP contribution in [-0.2, 0) is 9.53 Å². The average molecular weight is 309 g/mol. The third kappa shape index (κ3) is 4.38. The maximum atomic E-state index is 11.3. The molecule has 0 bridgehead atoms. The standard InChI is InChI=1S/C14H19N3O3S/c15-13(18)12-9-19-7-5-17(12)6-8-20-11-3-1-10(2-4-11)14(16)21/h1-4,12H,5-9H2,(H2,15,18)(H2,16,21). The van der Waals surface area contributed by atoms with Crippen molar-refractivity contribution < 1.29 is 14.3 Å².